The smallest absolute Gasteiger partial charge is 0.335 e. The zero-order valence-electron chi connectivity index (χ0n) is 9.98. The average molecular weight is 275 g/mol. The molecule has 0 fully saturated rings. The average Bonchev–Trinajstić information content (AvgIpc) is 2.33. The summed E-state index contributed by atoms with van der Waals surface area (Å²) < 4.78 is 10.1. The van der Waals surface area contributed by atoms with Crippen molar-refractivity contribution in [3.8, 4) is 0 Å². The Morgan fingerprint density at radius 3 is 2.89 bits per heavy atom. The second-order valence-corrected chi connectivity index (χ2v) is 3.79. The first-order valence-electron chi connectivity index (χ1n) is 5.35. The molecule has 1 rings (SSSR count). The van der Waals surface area contributed by atoms with Gasteiger partial charge in [-0.2, -0.15) is 0 Å². The number of aromatic nitrogens is 1. The van der Waals surface area contributed by atoms with E-state index >= 15 is 0 Å². The molecule has 0 amide bonds. The van der Waals surface area contributed by atoms with E-state index in [9.17, 15) is 4.79 Å². The maximum absolute atomic E-state index is 10.8. The van der Waals surface area contributed by atoms with Gasteiger partial charge in [0.15, 0.2) is 0 Å². The molecule has 0 atom stereocenters. The Morgan fingerprint density at radius 2 is 2.22 bits per heavy atom. The molecule has 0 bridgehead atoms. The van der Waals surface area contributed by atoms with Crippen LogP contribution in [0.2, 0.25) is 5.15 Å². The lowest BCUT2D eigenvalue weighted by atomic mass is 10.2. The van der Waals surface area contributed by atoms with E-state index in [1.165, 1.54) is 12.1 Å². The first-order valence-corrected chi connectivity index (χ1v) is 5.72. The number of carbonyl (C=O) groups is 1. The zero-order chi connectivity index (χ0) is 13.4. The van der Waals surface area contributed by atoms with Crippen molar-refractivity contribution in [2.45, 2.75) is 0 Å². The van der Waals surface area contributed by atoms with Crippen LogP contribution in [-0.2, 0) is 9.47 Å². The number of ether oxygens (including phenoxy) is 2. The van der Waals surface area contributed by atoms with Crippen LogP contribution in [0.25, 0.3) is 0 Å². The van der Waals surface area contributed by atoms with E-state index < -0.39 is 5.97 Å². The highest BCUT2D eigenvalue weighted by atomic mass is 35.5. The molecule has 0 saturated carbocycles. The second-order valence-electron chi connectivity index (χ2n) is 3.40. The molecule has 100 valence electrons. The molecular weight excluding hydrogens is 260 g/mol. The standard InChI is InChI=1S/C11H15ClN2O4/c1-17-4-5-18-3-2-13-10-7-8(11(15)16)6-9(12)14-10/h6-7H,2-5H2,1H3,(H,13,14)(H,15,16). The van der Waals surface area contributed by atoms with Crippen LogP contribution in [0.5, 0.6) is 0 Å². The maximum atomic E-state index is 10.8. The first kappa shape index (κ1) is 14.7. The van der Waals surface area contributed by atoms with Gasteiger partial charge in [0, 0.05) is 13.7 Å². The Hall–Kier alpha value is -1.37. The Morgan fingerprint density at radius 1 is 1.44 bits per heavy atom. The lowest BCUT2D eigenvalue weighted by Crippen LogP contribution is -2.13. The number of pyridine rings is 1. The molecule has 0 unspecified atom stereocenters. The quantitative estimate of drug-likeness (QED) is 0.552. The molecule has 0 spiro atoms. The number of halogens is 1. The summed E-state index contributed by atoms with van der Waals surface area (Å²) in [6.07, 6.45) is 0. The van der Waals surface area contributed by atoms with E-state index in [1.807, 2.05) is 0 Å². The first-order chi connectivity index (χ1) is 8.63. The van der Waals surface area contributed by atoms with Gasteiger partial charge in [-0.3, -0.25) is 0 Å². The van der Waals surface area contributed by atoms with Crippen molar-refractivity contribution in [1.29, 1.82) is 0 Å². The molecule has 1 aromatic heterocycles. The number of carboxylic acid groups (broad SMARTS) is 1. The molecule has 1 heterocycles. The van der Waals surface area contributed by atoms with Gasteiger partial charge in [-0.1, -0.05) is 11.6 Å². The van der Waals surface area contributed by atoms with Crippen molar-refractivity contribution in [2.24, 2.45) is 0 Å². The Labute approximate surface area is 110 Å². The molecule has 1 aromatic rings. The third-order valence-corrected chi connectivity index (χ3v) is 2.22. The van der Waals surface area contributed by atoms with Crippen molar-refractivity contribution in [1.82, 2.24) is 4.98 Å². The molecule has 18 heavy (non-hydrogen) atoms. The lowest BCUT2D eigenvalue weighted by Gasteiger charge is -2.07. The minimum Gasteiger partial charge on any atom is -0.478 e. The fraction of sp³-hybridized carbons (Fsp3) is 0.455. The predicted octanol–water partition coefficient (Wildman–Crippen LogP) is 1.51. The van der Waals surface area contributed by atoms with Gasteiger partial charge in [0.05, 0.1) is 25.4 Å². The molecule has 0 aliphatic heterocycles. The van der Waals surface area contributed by atoms with Crippen LogP contribution in [0.4, 0.5) is 5.82 Å². The van der Waals surface area contributed by atoms with E-state index in [1.54, 1.807) is 7.11 Å². The zero-order valence-corrected chi connectivity index (χ0v) is 10.7. The fourth-order valence-electron chi connectivity index (χ4n) is 1.21. The van der Waals surface area contributed by atoms with Crippen LogP contribution in [0.15, 0.2) is 12.1 Å². The van der Waals surface area contributed by atoms with Gasteiger partial charge in [0.25, 0.3) is 0 Å². The van der Waals surface area contributed by atoms with E-state index in [0.29, 0.717) is 32.2 Å². The van der Waals surface area contributed by atoms with Crippen molar-refractivity contribution < 1.29 is 19.4 Å². The fourth-order valence-corrected chi connectivity index (χ4v) is 1.42. The van der Waals surface area contributed by atoms with E-state index in [0.717, 1.165) is 0 Å². The normalized spacial score (nSPS) is 10.3. The molecular formula is C11H15ClN2O4. The third-order valence-electron chi connectivity index (χ3n) is 2.03. The number of hydrogen-bond donors (Lipinski definition) is 2. The number of methoxy groups -OCH3 is 1. The number of nitrogens with one attached hydrogen (secondary N) is 1. The molecule has 0 radical (unpaired) electrons. The topological polar surface area (TPSA) is 80.7 Å². The van der Waals surface area contributed by atoms with Gasteiger partial charge in [-0.25, -0.2) is 9.78 Å². The maximum Gasteiger partial charge on any atom is 0.335 e. The molecule has 0 aliphatic rings. The molecule has 0 saturated heterocycles. The molecule has 0 aliphatic carbocycles. The number of hydrogen-bond acceptors (Lipinski definition) is 5. The summed E-state index contributed by atoms with van der Waals surface area (Å²) in [7, 11) is 1.60. The Balaban J connectivity index is 2.40. The predicted molar refractivity (Wildman–Crippen MR) is 67.4 cm³/mol. The summed E-state index contributed by atoms with van der Waals surface area (Å²) in [6.45, 7) is 2.04. The Bertz CT molecular complexity index is 401. The van der Waals surface area contributed by atoms with Gasteiger partial charge in [0.2, 0.25) is 0 Å². The second kappa shape index (κ2) is 7.86. The summed E-state index contributed by atoms with van der Waals surface area (Å²) in [5.41, 5.74) is 0.0952. The summed E-state index contributed by atoms with van der Waals surface area (Å²) in [5, 5.41) is 11.9. The van der Waals surface area contributed by atoms with Gasteiger partial charge < -0.3 is 19.9 Å². The third kappa shape index (κ3) is 5.31. The minimum atomic E-state index is -1.04. The van der Waals surface area contributed by atoms with Crippen LogP contribution >= 0.6 is 11.6 Å². The minimum absolute atomic E-state index is 0.0952. The van der Waals surface area contributed by atoms with Crippen LogP contribution in [0, 0.1) is 0 Å². The van der Waals surface area contributed by atoms with Gasteiger partial charge in [0.1, 0.15) is 11.0 Å². The largest absolute Gasteiger partial charge is 0.478 e. The van der Waals surface area contributed by atoms with Crippen molar-refractivity contribution in [2.75, 3.05) is 38.8 Å². The summed E-state index contributed by atoms with van der Waals surface area (Å²) >= 11 is 5.71. The van der Waals surface area contributed by atoms with Gasteiger partial charge >= 0.3 is 5.97 Å². The highest BCUT2D eigenvalue weighted by Crippen LogP contribution is 2.14. The van der Waals surface area contributed by atoms with E-state index in [2.05, 4.69) is 10.3 Å². The highest BCUT2D eigenvalue weighted by Gasteiger charge is 2.06. The molecule has 2 N–H and O–H groups in total. The number of carboxylic acids is 1. The lowest BCUT2D eigenvalue weighted by molar-refractivity contribution is 0.0697. The summed E-state index contributed by atoms with van der Waals surface area (Å²) in [6, 6.07) is 2.72. The highest BCUT2D eigenvalue weighted by molar-refractivity contribution is 6.29. The van der Waals surface area contributed by atoms with Crippen molar-refractivity contribution in [3.05, 3.63) is 22.8 Å². The Kier molecular flexibility index (Phi) is 6.42. The van der Waals surface area contributed by atoms with Crippen molar-refractivity contribution in [3.63, 3.8) is 0 Å². The monoisotopic (exact) mass is 274 g/mol. The molecule has 6 nitrogen and oxygen atoms in total. The van der Waals surface area contributed by atoms with Crippen LogP contribution in [0.1, 0.15) is 10.4 Å². The number of aromatic carboxylic acids is 1. The molecule has 7 heteroatoms. The van der Waals surface area contributed by atoms with E-state index in [4.69, 9.17) is 26.2 Å². The van der Waals surface area contributed by atoms with Crippen molar-refractivity contribution >= 4 is 23.4 Å². The molecule has 0 aromatic carbocycles. The number of rotatable bonds is 8. The van der Waals surface area contributed by atoms with E-state index in [-0.39, 0.29) is 10.7 Å². The van der Waals surface area contributed by atoms with Crippen LogP contribution in [-0.4, -0.2) is 49.5 Å². The van der Waals surface area contributed by atoms with Gasteiger partial charge in [-0.15, -0.1) is 0 Å². The SMILES string of the molecule is COCCOCCNc1cc(C(=O)O)cc(Cl)n1. The summed E-state index contributed by atoms with van der Waals surface area (Å²) in [5.74, 6) is -0.631. The van der Waals surface area contributed by atoms with Crippen LogP contribution < -0.4 is 5.32 Å². The summed E-state index contributed by atoms with van der Waals surface area (Å²) in [4.78, 5) is 14.8. The van der Waals surface area contributed by atoms with Gasteiger partial charge in [-0.05, 0) is 12.1 Å². The number of anilines is 1. The van der Waals surface area contributed by atoms with Crippen LogP contribution in [0.3, 0.4) is 0 Å². The number of nitrogens with zero attached hydrogens (tertiary/aromatic N) is 1.